The Morgan fingerprint density at radius 2 is 1.85 bits per heavy atom. The highest BCUT2D eigenvalue weighted by Crippen LogP contribution is 2.37. The lowest BCUT2D eigenvalue weighted by atomic mass is 9.82. The first-order chi connectivity index (χ1) is 22.8. The number of esters is 1. The standard InChI is InChI=1S/C34H47N3O10/c1-4-44-34(39)30-22-28(26-11-13-27(43-3)14-12-26)32(23-36(30)33(38)9-6-5-7-19-47-37(40)41)46-24-25-10-15-31-29(21-25)35(17-20-45-31)16-8-18-42-2/h10-15,21,28,30,32H,4-9,16-20,22-24H2,1-3H3. The second kappa shape index (κ2) is 18.3. The fourth-order valence-corrected chi connectivity index (χ4v) is 6.16. The first-order valence-corrected chi connectivity index (χ1v) is 16.3. The van der Waals surface area contributed by atoms with E-state index < -0.39 is 23.2 Å². The van der Waals surface area contributed by atoms with Gasteiger partial charge in [-0.2, -0.15) is 0 Å². The van der Waals surface area contributed by atoms with Crippen molar-refractivity contribution < 1.29 is 43.2 Å². The van der Waals surface area contributed by atoms with E-state index in [9.17, 15) is 19.7 Å². The van der Waals surface area contributed by atoms with Crippen LogP contribution >= 0.6 is 0 Å². The lowest BCUT2D eigenvalue weighted by molar-refractivity contribution is -0.757. The summed E-state index contributed by atoms with van der Waals surface area (Å²) in [6.45, 7) is 5.39. The van der Waals surface area contributed by atoms with E-state index in [1.165, 1.54) is 0 Å². The van der Waals surface area contributed by atoms with Crippen LogP contribution in [0.2, 0.25) is 0 Å². The van der Waals surface area contributed by atoms with Crippen LogP contribution in [0.3, 0.4) is 0 Å². The maximum atomic E-state index is 13.6. The number of anilines is 1. The van der Waals surface area contributed by atoms with E-state index in [2.05, 4.69) is 15.8 Å². The molecule has 0 aliphatic carbocycles. The number of ether oxygens (including phenoxy) is 5. The number of nitrogens with zero attached hydrogens (tertiary/aromatic N) is 3. The smallest absolute Gasteiger partial charge is 0.328 e. The third kappa shape index (κ3) is 10.2. The van der Waals surface area contributed by atoms with E-state index in [0.717, 1.165) is 47.8 Å². The van der Waals surface area contributed by atoms with Gasteiger partial charge in [0.25, 0.3) is 5.09 Å². The van der Waals surface area contributed by atoms with Crippen molar-refractivity contribution in [2.75, 3.05) is 65.2 Å². The predicted molar refractivity (Wildman–Crippen MR) is 173 cm³/mol. The number of fused-ring (bicyclic) bond motifs is 1. The highest BCUT2D eigenvalue weighted by atomic mass is 16.9. The summed E-state index contributed by atoms with van der Waals surface area (Å²) >= 11 is 0. The van der Waals surface area contributed by atoms with E-state index in [0.29, 0.717) is 45.5 Å². The van der Waals surface area contributed by atoms with Crippen molar-refractivity contribution in [3.8, 4) is 11.5 Å². The largest absolute Gasteiger partial charge is 0.497 e. The van der Waals surface area contributed by atoms with Gasteiger partial charge in [0.15, 0.2) is 0 Å². The van der Waals surface area contributed by atoms with Crippen molar-refractivity contribution >= 4 is 17.6 Å². The minimum Gasteiger partial charge on any atom is -0.497 e. The molecule has 13 nitrogen and oxygen atoms in total. The Bertz CT molecular complexity index is 1310. The molecule has 3 atom stereocenters. The normalized spacial score (nSPS) is 19.0. The second-order valence-corrected chi connectivity index (χ2v) is 11.6. The van der Waals surface area contributed by atoms with Gasteiger partial charge in [0.05, 0.1) is 45.3 Å². The molecule has 0 saturated carbocycles. The molecule has 2 aromatic carbocycles. The van der Waals surface area contributed by atoms with E-state index in [1.54, 1.807) is 26.0 Å². The highest BCUT2D eigenvalue weighted by molar-refractivity contribution is 5.85. The molecule has 2 aliphatic rings. The molecule has 47 heavy (non-hydrogen) atoms. The number of carbonyl (C=O) groups is 2. The van der Waals surface area contributed by atoms with E-state index in [1.807, 2.05) is 36.4 Å². The first kappa shape index (κ1) is 35.7. The summed E-state index contributed by atoms with van der Waals surface area (Å²) in [7, 11) is 3.31. The van der Waals surface area contributed by atoms with Crippen molar-refractivity contribution in [1.29, 1.82) is 0 Å². The number of benzene rings is 2. The molecule has 3 unspecified atom stereocenters. The fraction of sp³-hybridized carbons (Fsp3) is 0.588. The number of amides is 1. The molecule has 0 aromatic heterocycles. The predicted octanol–water partition coefficient (Wildman–Crippen LogP) is 4.53. The quantitative estimate of drug-likeness (QED) is 0.0967. The van der Waals surface area contributed by atoms with E-state index in [4.69, 9.17) is 23.7 Å². The van der Waals surface area contributed by atoms with Gasteiger partial charge < -0.3 is 38.3 Å². The van der Waals surface area contributed by atoms with Gasteiger partial charge >= 0.3 is 5.97 Å². The Balaban J connectivity index is 1.53. The van der Waals surface area contributed by atoms with Crippen LogP contribution < -0.4 is 14.4 Å². The summed E-state index contributed by atoms with van der Waals surface area (Å²) in [6, 6.07) is 13.0. The summed E-state index contributed by atoms with van der Waals surface area (Å²) in [6.07, 6.45) is 2.57. The van der Waals surface area contributed by atoms with E-state index in [-0.39, 0.29) is 38.0 Å². The number of carbonyl (C=O) groups excluding carboxylic acids is 2. The van der Waals surface area contributed by atoms with Gasteiger partial charge in [0.2, 0.25) is 5.91 Å². The fourth-order valence-electron chi connectivity index (χ4n) is 6.16. The molecular formula is C34H47N3O10. The molecule has 2 aliphatic heterocycles. The number of piperidine rings is 1. The maximum Gasteiger partial charge on any atom is 0.328 e. The van der Waals surface area contributed by atoms with Gasteiger partial charge in [0, 0.05) is 39.1 Å². The van der Waals surface area contributed by atoms with Crippen molar-refractivity contribution in [3.05, 3.63) is 63.7 Å². The Labute approximate surface area is 276 Å². The summed E-state index contributed by atoms with van der Waals surface area (Å²) in [4.78, 5) is 45.5. The van der Waals surface area contributed by atoms with Gasteiger partial charge in [-0.25, -0.2) is 4.79 Å². The summed E-state index contributed by atoms with van der Waals surface area (Å²) in [5, 5.41) is 9.59. The average molecular weight is 658 g/mol. The lowest BCUT2D eigenvalue weighted by Gasteiger charge is -2.43. The zero-order valence-electron chi connectivity index (χ0n) is 27.6. The van der Waals surface area contributed by atoms with Crippen LogP contribution in [0.5, 0.6) is 11.5 Å². The van der Waals surface area contributed by atoms with Gasteiger partial charge in [-0.15, -0.1) is 10.1 Å². The zero-order valence-corrected chi connectivity index (χ0v) is 27.6. The average Bonchev–Trinajstić information content (AvgIpc) is 3.08. The van der Waals surface area contributed by atoms with Crippen LogP contribution in [0.1, 0.15) is 62.5 Å². The third-order valence-corrected chi connectivity index (χ3v) is 8.56. The molecule has 0 N–H and O–H groups in total. The van der Waals surface area contributed by atoms with Crippen molar-refractivity contribution in [2.24, 2.45) is 0 Å². The number of likely N-dealkylation sites (tertiary alicyclic amines) is 1. The maximum absolute atomic E-state index is 13.6. The minimum absolute atomic E-state index is 0.0183. The number of rotatable bonds is 18. The second-order valence-electron chi connectivity index (χ2n) is 11.6. The molecular weight excluding hydrogens is 610 g/mol. The lowest BCUT2D eigenvalue weighted by Crippen LogP contribution is -2.55. The van der Waals surface area contributed by atoms with Crippen molar-refractivity contribution in [2.45, 2.75) is 70.1 Å². The number of methoxy groups -OCH3 is 2. The van der Waals surface area contributed by atoms with Crippen LogP contribution in [-0.2, 0) is 35.2 Å². The monoisotopic (exact) mass is 657 g/mol. The number of unbranched alkanes of at least 4 members (excludes halogenated alkanes) is 2. The number of hydrogen-bond donors (Lipinski definition) is 0. The first-order valence-electron chi connectivity index (χ1n) is 16.3. The molecule has 1 saturated heterocycles. The Morgan fingerprint density at radius 1 is 1.04 bits per heavy atom. The molecule has 0 radical (unpaired) electrons. The molecule has 4 rings (SSSR count). The molecule has 1 amide bonds. The Morgan fingerprint density at radius 3 is 2.57 bits per heavy atom. The molecule has 13 heteroatoms. The SMILES string of the molecule is CCOC(=O)C1CC(c2ccc(OC)cc2)C(OCc2ccc3c(c2)N(CCCOC)CCO3)CN1C(=O)CCCCCO[N+](=O)[O-]. The summed E-state index contributed by atoms with van der Waals surface area (Å²) < 4.78 is 28.6. The van der Waals surface area contributed by atoms with Crippen molar-refractivity contribution in [1.82, 2.24) is 4.90 Å². The molecule has 2 aromatic rings. The zero-order chi connectivity index (χ0) is 33.6. The van der Waals surface area contributed by atoms with Crippen LogP contribution in [0, 0.1) is 10.1 Å². The van der Waals surface area contributed by atoms with Crippen LogP contribution in [-0.4, -0.2) is 94.3 Å². The third-order valence-electron chi connectivity index (χ3n) is 8.56. The van der Waals surface area contributed by atoms with Crippen LogP contribution in [0.4, 0.5) is 5.69 Å². The molecule has 0 spiro atoms. The van der Waals surface area contributed by atoms with Crippen molar-refractivity contribution in [3.63, 3.8) is 0 Å². The highest BCUT2D eigenvalue weighted by Gasteiger charge is 2.43. The topological polar surface area (TPSA) is 139 Å². The molecule has 258 valence electrons. The van der Waals surface area contributed by atoms with Gasteiger partial charge in [-0.05, 0) is 68.0 Å². The van der Waals surface area contributed by atoms with Gasteiger partial charge in [0.1, 0.15) is 24.1 Å². The molecule has 0 bridgehead atoms. The van der Waals surface area contributed by atoms with Crippen LogP contribution in [0.15, 0.2) is 42.5 Å². The Kier molecular flexibility index (Phi) is 13.9. The molecule has 1 fully saturated rings. The number of hydrogen-bond acceptors (Lipinski definition) is 11. The van der Waals surface area contributed by atoms with Gasteiger partial charge in [-0.1, -0.05) is 24.6 Å². The van der Waals surface area contributed by atoms with Gasteiger partial charge in [-0.3, -0.25) is 4.79 Å². The molecule has 2 heterocycles. The summed E-state index contributed by atoms with van der Waals surface area (Å²) in [5.41, 5.74) is 2.97. The summed E-state index contributed by atoms with van der Waals surface area (Å²) in [5.74, 6) is 0.740. The minimum atomic E-state index is -0.820. The Hall–Kier alpha value is -4.10. The van der Waals surface area contributed by atoms with Crippen LogP contribution in [0.25, 0.3) is 0 Å². The van der Waals surface area contributed by atoms with E-state index >= 15 is 0 Å².